The van der Waals surface area contributed by atoms with E-state index in [-0.39, 0.29) is 11.8 Å². The zero-order valence-corrected chi connectivity index (χ0v) is 10.1. The summed E-state index contributed by atoms with van der Waals surface area (Å²) in [5.41, 5.74) is -0.163. The van der Waals surface area contributed by atoms with E-state index >= 15 is 0 Å². The molecular weight excluding hydrogens is 220 g/mol. The van der Waals surface area contributed by atoms with Gasteiger partial charge in [0.1, 0.15) is 0 Å². The van der Waals surface area contributed by atoms with Crippen molar-refractivity contribution in [1.29, 1.82) is 0 Å². The topological polar surface area (TPSA) is 76.2 Å². The van der Waals surface area contributed by atoms with E-state index in [1.54, 1.807) is 0 Å². The van der Waals surface area contributed by atoms with Gasteiger partial charge in [-0.2, -0.15) is 4.98 Å². The van der Waals surface area contributed by atoms with E-state index < -0.39 is 5.97 Å². The van der Waals surface area contributed by atoms with Crippen molar-refractivity contribution in [3.05, 3.63) is 11.7 Å². The molecule has 0 aromatic carbocycles. The molecule has 0 aliphatic heterocycles. The van der Waals surface area contributed by atoms with E-state index in [4.69, 9.17) is 9.63 Å². The highest BCUT2D eigenvalue weighted by atomic mass is 16.5. The molecule has 1 N–H and O–H groups in total. The standard InChI is InChI=1S/C12H18N2O3/c1-2-9-13-10(17-14-9)7-12(8-11(15)16)5-3-4-6-12/h2-8H2,1H3,(H,15,16). The van der Waals surface area contributed by atoms with Gasteiger partial charge in [0.25, 0.3) is 0 Å². The van der Waals surface area contributed by atoms with Crippen molar-refractivity contribution in [2.24, 2.45) is 5.41 Å². The number of carboxylic acids is 1. The molecule has 5 nitrogen and oxygen atoms in total. The van der Waals surface area contributed by atoms with Gasteiger partial charge in [-0.05, 0) is 18.3 Å². The molecular formula is C12H18N2O3. The first-order valence-electron chi connectivity index (χ1n) is 6.17. The lowest BCUT2D eigenvalue weighted by Crippen LogP contribution is -2.24. The van der Waals surface area contributed by atoms with Crippen LogP contribution < -0.4 is 0 Å². The average Bonchev–Trinajstić information content (AvgIpc) is 2.87. The average molecular weight is 238 g/mol. The van der Waals surface area contributed by atoms with Crippen LogP contribution in [-0.2, 0) is 17.6 Å². The molecule has 0 spiro atoms. The maximum absolute atomic E-state index is 10.9. The van der Waals surface area contributed by atoms with Crippen LogP contribution in [0.3, 0.4) is 0 Å². The number of nitrogens with zero attached hydrogens (tertiary/aromatic N) is 2. The SMILES string of the molecule is CCc1noc(CC2(CC(=O)O)CCCC2)n1. The van der Waals surface area contributed by atoms with E-state index in [0.29, 0.717) is 18.1 Å². The van der Waals surface area contributed by atoms with Crippen molar-refractivity contribution in [2.75, 3.05) is 0 Å². The molecule has 0 bridgehead atoms. The third-order valence-electron chi connectivity index (χ3n) is 3.54. The lowest BCUT2D eigenvalue weighted by molar-refractivity contribution is -0.139. The molecule has 0 atom stereocenters. The minimum Gasteiger partial charge on any atom is -0.481 e. The summed E-state index contributed by atoms with van der Waals surface area (Å²) in [6.07, 6.45) is 5.65. The molecule has 5 heteroatoms. The summed E-state index contributed by atoms with van der Waals surface area (Å²) in [7, 11) is 0. The monoisotopic (exact) mass is 238 g/mol. The molecule has 1 aliphatic rings. The van der Waals surface area contributed by atoms with Gasteiger partial charge >= 0.3 is 5.97 Å². The van der Waals surface area contributed by atoms with Crippen molar-refractivity contribution in [1.82, 2.24) is 10.1 Å². The van der Waals surface area contributed by atoms with E-state index in [1.807, 2.05) is 6.92 Å². The molecule has 0 saturated heterocycles. The molecule has 1 saturated carbocycles. The van der Waals surface area contributed by atoms with Gasteiger partial charge in [-0.15, -0.1) is 0 Å². The normalized spacial score (nSPS) is 18.4. The Morgan fingerprint density at radius 1 is 1.47 bits per heavy atom. The Morgan fingerprint density at radius 3 is 2.71 bits per heavy atom. The zero-order valence-electron chi connectivity index (χ0n) is 10.1. The number of aryl methyl sites for hydroxylation is 1. The van der Waals surface area contributed by atoms with Crippen LogP contribution in [0.5, 0.6) is 0 Å². The maximum Gasteiger partial charge on any atom is 0.303 e. The van der Waals surface area contributed by atoms with E-state index in [0.717, 1.165) is 32.1 Å². The molecule has 1 aromatic heterocycles. The van der Waals surface area contributed by atoms with Crippen LogP contribution in [0.2, 0.25) is 0 Å². The van der Waals surface area contributed by atoms with Crippen molar-refractivity contribution in [2.45, 2.75) is 51.9 Å². The van der Waals surface area contributed by atoms with Gasteiger partial charge in [-0.1, -0.05) is 24.9 Å². The summed E-state index contributed by atoms with van der Waals surface area (Å²) in [6.45, 7) is 1.97. The summed E-state index contributed by atoms with van der Waals surface area (Å²) in [5, 5.41) is 12.9. The quantitative estimate of drug-likeness (QED) is 0.851. The minimum atomic E-state index is -0.734. The second kappa shape index (κ2) is 4.85. The Bertz CT molecular complexity index is 394. The van der Waals surface area contributed by atoms with Crippen LogP contribution in [0.15, 0.2) is 4.52 Å². The first-order chi connectivity index (χ1) is 8.13. The van der Waals surface area contributed by atoms with Crippen LogP contribution >= 0.6 is 0 Å². The molecule has 2 rings (SSSR count). The molecule has 1 heterocycles. The number of rotatable bonds is 5. The molecule has 0 unspecified atom stereocenters. The second-order valence-electron chi connectivity index (χ2n) is 4.91. The van der Waals surface area contributed by atoms with Gasteiger partial charge in [0.15, 0.2) is 5.82 Å². The van der Waals surface area contributed by atoms with Crippen molar-refractivity contribution >= 4 is 5.97 Å². The second-order valence-corrected chi connectivity index (χ2v) is 4.91. The van der Waals surface area contributed by atoms with Crippen LogP contribution in [0.4, 0.5) is 0 Å². The number of carboxylic acid groups (broad SMARTS) is 1. The molecule has 1 aromatic rings. The maximum atomic E-state index is 10.9. The Kier molecular flexibility index (Phi) is 3.45. The predicted octanol–water partition coefficient (Wildman–Crippen LogP) is 2.21. The highest BCUT2D eigenvalue weighted by Gasteiger charge is 2.37. The van der Waals surface area contributed by atoms with E-state index in [9.17, 15) is 4.79 Å². The van der Waals surface area contributed by atoms with Gasteiger partial charge < -0.3 is 9.63 Å². The first-order valence-corrected chi connectivity index (χ1v) is 6.17. The number of hydrogen-bond donors (Lipinski definition) is 1. The Labute approximate surface area is 100 Å². The Balaban J connectivity index is 2.09. The Hall–Kier alpha value is -1.39. The van der Waals surface area contributed by atoms with E-state index in [1.165, 1.54) is 0 Å². The highest BCUT2D eigenvalue weighted by Crippen LogP contribution is 2.43. The largest absolute Gasteiger partial charge is 0.481 e. The van der Waals surface area contributed by atoms with Gasteiger partial charge in [-0.3, -0.25) is 4.79 Å². The minimum absolute atomic E-state index is 0.163. The van der Waals surface area contributed by atoms with Gasteiger partial charge in [0, 0.05) is 12.8 Å². The van der Waals surface area contributed by atoms with Gasteiger partial charge in [0.2, 0.25) is 5.89 Å². The van der Waals surface area contributed by atoms with E-state index in [2.05, 4.69) is 10.1 Å². The van der Waals surface area contributed by atoms with Crippen LogP contribution in [-0.4, -0.2) is 21.2 Å². The van der Waals surface area contributed by atoms with Crippen LogP contribution in [0.1, 0.15) is 50.7 Å². The molecule has 0 amide bonds. The number of aliphatic carboxylic acids is 1. The highest BCUT2D eigenvalue weighted by molar-refractivity contribution is 5.67. The lowest BCUT2D eigenvalue weighted by Gasteiger charge is -2.24. The van der Waals surface area contributed by atoms with Gasteiger partial charge in [0.05, 0.1) is 6.42 Å². The molecule has 0 radical (unpaired) electrons. The third kappa shape index (κ3) is 2.84. The smallest absolute Gasteiger partial charge is 0.303 e. The fraction of sp³-hybridized carbons (Fsp3) is 0.750. The van der Waals surface area contributed by atoms with Crippen LogP contribution in [0.25, 0.3) is 0 Å². The third-order valence-corrected chi connectivity index (χ3v) is 3.54. The summed E-state index contributed by atoms with van der Waals surface area (Å²) in [5.74, 6) is 0.551. The van der Waals surface area contributed by atoms with Gasteiger partial charge in [-0.25, -0.2) is 0 Å². The summed E-state index contributed by atoms with van der Waals surface area (Å²) in [4.78, 5) is 15.2. The number of aromatic nitrogens is 2. The zero-order chi connectivity index (χ0) is 12.3. The fourth-order valence-corrected chi connectivity index (χ4v) is 2.69. The molecule has 1 aliphatic carbocycles. The first kappa shape index (κ1) is 12.1. The summed E-state index contributed by atoms with van der Waals surface area (Å²) < 4.78 is 5.17. The van der Waals surface area contributed by atoms with Crippen molar-refractivity contribution < 1.29 is 14.4 Å². The molecule has 17 heavy (non-hydrogen) atoms. The number of carbonyl (C=O) groups is 1. The Morgan fingerprint density at radius 2 is 2.18 bits per heavy atom. The van der Waals surface area contributed by atoms with Crippen molar-refractivity contribution in [3.63, 3.8) is 0 Å². The summed E-state index contributed by atoms with van der Waals surface area (Å²) in [6, 6.07) is 0. The molecule has 1 fully saturated rings. The number of hydrogen-bond acceptors (Lipinski definition) is 4. The fourth-order valence-electron chi connectivity index (χ4n) is 2.69. The lowest BCUT2D eigenvalue weighted by atomic mass is 9.79. The molecule has 94 valence electrons. The van der Waals surface area contributed by atoms with Crippen molar-refractivity contribution in [3.8, 4) is 0 Å². The van der Waals surface area contributed by atoms with Crippen LogP contribution in [0, 0.1) is 5.41 Å². The summed E-state index contributed by atoms with van der Waals surface area (Å²) >= 11 is 0. The predicted molar refractivity (Wildman–Crippen MR) is 60.5 cm³/mol.